The Balaban J connectivity index is 1.56. The summed E-state index contributed by atoms with van der Waals surface area (Å²) in [4.78, 5) is 8.38. The molecule has 150 valence electrons. The Bertz CT molecular complexity index is 1380. The molecule has 0 bridgehead atoms. The van der Waals surface area contributed by atoms with Crippen molar-refractivity contribution in [2.24, 2.45) is 4.99 Å². The van der Waals surface area contributed by atoms with Crippen LogP contribution in [0, 0.1) is 11.6 Å². The van der Waals surface area contributed by atoms with E-state index in [1.807, 2.05) is 46.5 Å². The molecule has 5 aromatic rings. The maximum atomic E-state index is 14.2. The number of nitrogens with zero attached hydrogens (tertiary/aromatic N) is 2. The van der Waals surface area contributed by atoms with E-state index in [-0.39, 0.29) is 5.69 Å². The number of aromatic nitrogens is 2. The summed E-state index contributed by atoms with van der Waals surface area (Å²) < 4.78 is 35.0. The van der Waals surface area contributed by atoms with Crippen LogP contribution in [-0.4, -0.2) is 9.55 Å². The molecule has 0 radical (unpaired) electrons. The van der Waals surface area contributed by atoms with Gasteiger partial charge in [0, 0.05) is 35.1 Å². The van der Waals surface area contributed by atoms with Gasteiger partial charge in [0.1, 0.15) is 11.5 Å². The van der Waals surface area contributed by atoms with Crippen molar-refractivity contribution in [2.45, 2.75) is 13.0 Å². The van der Waals surface area contributed by atoms with E-state index in [1.165, 1.54) is 34.4 Å². The molecule has 1 N–H and O–H groups in total. The van der Waals surface area contributed by atoms with Crippen molar-refractivity contribution >= 4 is 27.9 Å². The molecular formula is C23H17F2N3OS. The highest BCUT2D eigenvalue weighted by Crippen LogP contribution is 2.24. The van der Waals surface area contributed by atoms with Crippen LogP contribution < -0.4 is 4.80 Å². The van der Waals surface area contributed by atoms with Gasteiger partial charge >= 0.3 is 0 Å². The zero-order valence-corrected chi connectivity index (χ0v) is 16.6. The number of aromatic amines is 1. The van der Waals surface area contributed by atoms with Crippen LogP contribution in [0.15, 0.2) is 81.8 Å². The first-order chi connectivity index (χ1) is 14.7. The van der Waals surface area contributed by atoms with Crippen molar-refractivity contribution in [3.8, 4) is 11.5 Å². The number of furan rings is 1. The number of thiazole rings is 1. The highest BCUT2D eigenvalue weighted by atomic mass is 32.1. The van der Waals surface area contributed by atoms with Crippen LogP contribution in [0.5, 0.6) is 0 Å². The van der Waals surface area contributed by atoms with Crippen LogP contribution in [-0.2, 0) is 13.0 Å². The molecule has 3 aromatic heterocycles. The maximum Gasteiger partial charge on any atom is 0.190 e. The number of rotatable bonds is 5. The quantitative estimate of drug-likeness (QED) is 0.369. The molecule has 4 nitrogen and oxygen atoms in total. The molecule has 0 spiro atoms. The minimum Gasteiger partial charge on any atom is -0.463 e. The first-order valence-corrected chi connectivity index (χ1v) is 10.3. The van der Waals surface area contributed by atoms with Crippen molar-refractivity contribution < 1.29 is 13.2 Å². The second-order valence-electron chi connectivity index (χ2n) is 6.85. The minimum absolute atomic E-state index is 0.102. The van der Waals surface area contributed by atoms with E-state index < -0.39 is 11.6 Å². The number of para-hydroxylation sites is 1. The third-order valence-corrected chi connectivity index (χ3v) is 5.84. The monoisotopic (exact) mass is 421 g/mol. The molecule has 0 aliphatic carbocycles. The molecule has 0 atom stereocenters. The Morgan fingerprint density at radius 2 is 1.97 bits per heavy atom. The summed E-state index contributed by atoms with van der Waals surface area (Å²) >= 11 is 1.39. The highest BCUT2D eigenvalue weighted by molar-refractivity contribution is 7.07. The average Bonchev–Trinajstić information content (AvgIpc) is 3.48. The summed E-state index contributed by atoms with van der Waals surface area (Å²) in [5.41, 5.74) is 3.25. The summed E-state index contributed by atoms with van der Waals surface area (Å²) in [5, 5.41) is 3.12. The summed E-state index contributed by atoms with van der Waals surface area (Å²) in [5.74, 6) is -0.599. The topological polar surface area (TPSA) is 46.2 Å². The van der Waals surface area contributed by atoms with E-state index in [9.17, 15) is 8.78 Å². The number of fused-ring (bicyclic) bond motifs is 1. The lowest BCUT2D eigenvalue weighted by Crippen LogP contribution is -2.17. The van der Waals surface area contributed by atoms with Gasteiger partial charge in [-0.3, -0.25) is 0 Å². The molecule has 2 aromatic carbocycles. The van der Waals surface area contributed by atoms with Crippen molar-refractivity contribution in [1.29, 1.82) is 0 Å². The normalized spacial score (nSPS) is 12.1. The Morgan fingerprint density at radius 3 is 2.80 bits per heavy atom. The number of benzene rings is 2. The van der Waals surface area contributed by atoms with Gasteiger partial charge < -0.3 is 14.0 Å². The van der Waals surface area contributed by atoms with Gasteiger partial charge in [0.05, 0.1) is 12.0 Å². The summed E-state index contributed by atoms with van der Waals surface area (Å²) in [6.07, 6.45) is 4.39. The lowest BCUT2D eigenvalue weighted by molar-refractivity contribution is 0.568. The molecule has 0 aliphatic rings. The largest absolute Gasteiger partial charge is 0.463 e. The van der Waals surface area contributed by atoms with Gasteiger partial charge in [-0.15, -0.1) is 11.3 Å². The van der Waals surface area contributed by atoms with Crippen LogP contribution in [0.25, 0.3) is 22.4 Å². The molecule has 0 saturated heterocycles. The smallest absolute Gasteiger partial charge is 0.190 e. The fourth-order valence-electron chi connectivity index (χ4n) is 3.50. The minimum atomic E-state index is -0.689. The van der Waals surface area contributed by atoms with Crippen LogP contribution >= 0.6 is 11.3 Å². The number of halogens is 2. The molecule has 0 amide bonds. The van der Waals surface area contributed by atoms with E-state index >= 15 is 0 Å². The van der Waals surface area contributed by atoms with Gasteiger partial charge in [0.25, 0.3) is 0 Å². The number of nitrogens with one attached hydrogen (secondary N) is 1. The van der Waals surface area contributed by atoms with Crippen LogP contribution in [0.3, 0.4) is 0 Å². The number of aryl methyl sites for hydroxylation is 1. The van der Waals surface area contributed by atoms with Crippen LogP contribution in [0.2, 0.25) is 0 Å². The molecule has 0 unspecified atom stereocenters. The molecule has 30 heavy (non-hydrogen) atoms. The third kappa shape index (κ3) is 3.48. The lowest BCUT2D eigenvalue weighted by Gasteiger charge is -2.07. The standard InChI is InChI=1S/C23H17F2N3OS/c24-16-7-8-20(18(25)12-16)27-23-28(21(14-30-23)22-6-3-11-29-22)10-9-15-13-26-19-5-2-1-4-17(15)19/h1-8,11-14,26H,9-10H2. The van der Waals surface area contributed by atoms with Crippen molar-refractivity contribution in [3.63, 3.8) is 0 Å². The molecule has 0 saturated carbocycles. The summed E-state index contributed by atoms with van der Waals surface area (Å²) in [6, 6.07) is 15.3. The number of H-pyrrole nitrogens is 1. The van der Waals surface area contributed by atoms with Gasteiger partial charge in [-0.25, -0.2) is 13.8 Å². The molecule has 5 rings (SSSR count). The zero-order chi connectivity index (χ0) is 20.5. The predicted molar refractivity (Wildman–Crippen MR) is 114 cm³/mol. The van der Waals surface area contributed by atoms with Crippen molar-refractivity contribution in [1.82, 2.24) is 9.55 Å². The van der Waals surface area contributed by atoms with Crippen molar-refractivity contribution in [3.05, 3.63) is 94.4 Å². The highest BCUT2D eigenvalue weighted by Gasteiger charge is 2.13. The fourth-order valence-corrected chi connectivity index (χ4v) is 4.43. The van der Waals surface area contributed by atoms with E-state index in [4.69, 9.17) is 4.42 Å². The van der Waals surface area contributed by atoms with Crippen LogP contribution in [0.4, 0.5) is 14.5 Å². The Morgan fingerprint density at radius 1 is 1.07 bits per heavy atom. The Hall–Kier alpha value is -3.45. The summed E-state index contributed by atoms with van der Waals surface area (Å²) in [7, 11) is 0. The van der Waals surface area contributed by atoms with Gasteiger partial charge in [0.2, 0.25) is 0 Å². The third-order valence-electron chi connectivity index (χ3n) is 4.98. The Kier molecular flexibility index (Phi) is 4.80. The fraction of sp³-hybridized carbons (Fsp3) is 0.0870. The van der Waals surface area contributed by atoms with Gasteiger partial charge in [-0.2, -0.15) is 0 Å². The maximum absolute atomic E-state index is 14.2. The number of hydrogen-bond acceptors (Lipinski definition) is 3. The lowest BCUT2D eigenvalue weighted by atomic mass is 10.1. The average molecular weight is 421 g/mol. The molecular weight excluding hydrogens is 404 g/mol. The van der Waals surface area contributed by atoms with Gasteiger partial charge in [-0.05, 0) is 42.3 Å². The van der Waals surface area contributed by atoms with Crippen LogP contribution in [0.1, 0.15) is 5.56 Å². The Labute approximate surface area is 174 Å². The first kappa shape index (κ1) is 18.6. The zero-order valence-electron chi connectivity index (χ0n) is 15.8. The van der Waals surface area contributed by atoms with E-state index in [0.717, 1.165) is 23.7 Å². The van der Waals surface area contributed by atoms with Gasteiger partial charge in [-0.1, -0.05) is 18.2 Å². The first-order valence-electron chi connectivity index (χ1n) is 9.46. The van der Waals surface area contributed by atoms with E-state index in [2.05, 4.69) is 16.0 Å². The second kappa shape index (κ2) is 7.76. The van der Waals surface area contributed by atoms with Crippen molar-refractivity contribution in [2.75, 3.05) is 0 Å². The molecule has 7 heteroatoms. The second-order valence-corrected chi connectivity index (χ2v) is 7.69. The number of hydrogen-bond donors (Lipinski definition) is 1. The SMILES string of the molecule is Fc1ccc(N=c2scc(-c3ccco3)n2CCc2c[nH]c3ccccc23)c(F)c1. The molecule has 0 fully saturated rings. The van der Waals surface area contributed by atoms with E-state index in [0.29, 0.717) is 17.1 Å². The van der Waals surface area contributed by atoms with E-state index in [1.54, 1.807) is 6.26 Å². The predicted octanol–water partition coefficient (Wildman–Crippen LogP) is 6.04. The van der Waals surface area contributed by atoms with Gasteiger partial charge in [0.15, 0.2) is 16.4 Å². The summed E-state index contributed by atoms with van der Waals surface area (Å²) in [6.45, 7) is 0.628. The molecule has 3 heterocycles. The molecule has 0 aliphatic heterocycles.